The maximum Gasteiger partial charge on any atom is 0.322 e. The molecule has 0 radical (unpaired) electrons. The number of rotatable bonds is 10. The van der Waals surface area contributed by atoms with Crippen molar-refractivity contribution < 1.29 is 28.8 Å². The van der Waals surface area contributed by atoms with Crippen LogP contribution in [0.5, 0.6) is 0 Å². The Morgan fingerprint density at radius 2 is 1.09 bits per heavy atom. The Bertz CT molecular complexity index is 704. The van der Waals surface area contributed by atoms with Crippen LogP contribution in [-0.4, -0.2) is 82.9 Å². The van der Waals surface area contributed by atoms with E-state index in [1.807, 2.05) is 0 Å². The smallest absolute Gasteiger partial charge is 0.322 e. The molecule has 6 N–H and O–H groups in total. The van der Waals surface area contributed by atoms with Crippen LogP contribution >= 0.6 is 23.5 Å². The first-order valence-corrected chi connectivity index (χ1v) is 12.1. The molecule has 180 valence electrons. The number of imide groups is 2. The molecule has 2 aliphatic rings. The number of nitrogens with one attached hydrogen (secondary N) is 6. The summed E-state index contributed by atoms with van der Waals surface area (Å²) in [7, 11) is 0. The van der Waals surface area contributed by atoms with Crippen LogP contribution in [0.4, 0.5) is 9.59 Å². The second-order valence-electron chi connectivity index (χ2n) is 7.55. The van der Waals surface area contributed by atoms with Gasteiger partial charge in [0.05, 0.1) is 0 Å². The minimum atomic E-state index is -0.835. The Kier molecular flexibility index (Phi) is 10.8. The number of carbonyl (C=O) groups excluding carboxylic acids is 6. The van der Waals surface area contributed by atoms with Crippen molar-refractivity contribution in [1.82, 2.24) is 31.9 Å². The molecule has 0 aromatic heterocycles. The van der Waals surface area contributed by atoms with Crippen molar-refractivity contribution in [1.29, 1.82) is 0 Å². The van der Waals surface area contributed by atoms with Crippen LogP contribution in [0.2, 0.25) is 0 Å². The number of thioether (sulfide) groups is 2. The van der Waals surface area contributed by atoms with E-state index in [9.17, 15) is 28.8 Å². The highest BCUT2D eigenvalue weighted by Gasteiger charge is 2.42. The van der Waals surface area contributed by atoms with Crippen molar-refractivity contribution in [3.05, 3.63) is 0 Å². The number of hydrogen-bond acceptors (Lipinski definition) is 8. The molecule has 0 bridgehead atoms. The SMILES string of the molecule is CC(=O)NCCSC[C@@]1(C)NC(=O)NC1=O.CC(=O)NCCSC[C@]1(C)NC(=O)NC1=O. The highest BCUT2D eigenvalue weighted by Crippen LogP contribution is 2.17. The summed E-state index contributed by atoms with van der Waals surface area (Å²) in [6, 6.07) is -0.898. The number of hydrogen-bond donors (Lipinski definition) is 6. The molecule has 0 saturated carbocycles. The molecule has 0 aromatic carbocycles. The summed E-state index contributed by atoms with van der Waals surface area (Å²) in [5.74, 6) is 1.65. The summed E-state index contributed by atoms with van der Waals surface area (Å²) in [6.45, 7) is 7.39. The lowest BCUT2D eigenvalue weighted by Gasteiger charge is -2.19. The molecule has 0 aliphatic carbocycles. The van der Waals surface area contributed by atoms with E-state index < -0.39 is 23.1 Å². The van der Waals surface area contributed by atoms with E-state index in [0.717, 1.165) is 0 Å². The molecule has 2 aliphatic heterocycles. The molecule has 2 atom stereocenters. The summed E-state index contributed by atoms with van der Waals surface area (Å²) in [4.78, 5) is 65.8. The Morgan fingerprint density at radius 3 is 1.34 bits per heavy atom. The van der Waals surface area contributed by atoms with Gasteiger partial charge in [-0.25, -0.2) is 9.59 Å². The van der Waals surface area contributed by atoms with Gasteiger partial charge in [0, 0.05) is 49.9 Å². The van der Waals surface area contributed by atoms with Crippen LogP contribution in [-0.2, 0) is 19.2 Å². The van der Waals surface area contributed by atoms with Gasteiger partial charge in [-0.15, -0.1) is 0 Å². The zero-order chi connectivity index (χ0) is 24.4. The fourth-order valence-corrected chi connectivity index (χ4v) is 4.52. The van der Waals surface area contributed by atoms with E-state index in [0.29, 0.717) is 36.1 Å². The number of urea groups is 2. The normalized spacial score (nSPS) is 23.9. The predicted molar refractivity (Wildman–Crippen MR) is 122 cm³/mol. The van der Waals surface area contributed by atoms with Gasteiger partial charge in [0.25, 0.3) is 11.8 Å². The average Bonchev–Trinajstić information content (AvgIpc) is 3.07. The van der Waals surface area contributed by atoms with Crippen LogP contribution < -0.4 is 31.9 Å². The minimum absolute atomic E-state index is 0.0706. The fourth-order valence-electron chi connectivity index (χ4n) is 2.51. The van der Waals surface area contributed by atoms with Crippen LogP contribution in [0.25, 0.3) is 0 Å². The van der Waals surface area contributed by atoms with Crippen LogP contribution in [0.3, 0.4) is 0 Å². The van der Waals surface area contributed by atoms with Crippen molar-refractivity contribution in [2.75, 3.05) is 36.1 Å². The molecular formula is C18H30N6O6S2. The molecule has 14 heteroatoms. The van der Waals surface area contributed by atoms with Crippen molar-refractivity contribution in [3.63, 3.8) is 0 Å². The van der Waals surface area contributed by atoms with Crippen LogP contribution in [0.1, 0.15) is 27.7 Å². The number of carbonyl (C=O) groups is 6. The molecular weight excluding hydrogens is 460 g/mol. The first-order valence-electron chi connectivity index (χ1n) is 9.79. The van der Waals surface area contributed by atoms with Gasteiger partial charge in [0.15, 0.2) is 0 Å². The highest BCUT2D eigenvalue weighted by molar-refractivity contribution is 7.99. The molecule has 2 heterocycles. The van der Waals surface area contributed by atoms with E-state index in [1.165, 1.54) is 37.4 Å². The number of amides is 8. The second-order valence-corrected chi connectivity index (χ2v) is 9.76. The third-order valence-corrected chi connectivity index (χ3v) is 6.81. The predicted octanol–water partition coefficient (Wildman–Crippen LogP) is -1.09. The summed E-state index contributed by atoms with van der Waals surface area (Å²) in [5, 5.41) is 14.8. The zero-order valence-corrected chi connectivity index (χ0v) is 20.1. The van der Waals surface area contributed by atoms with Crippen molar-refractivity contribution >= 4 is 59.2 Å². The Labute approximate surface area is 194 Å². The van der Waals surface area contributed by atoms with Gasteiger partial charge >= 0.3 is 12.1 Å². The van der Waals surface area contributed by atoms with Gasteiger partial charge < -0.3 is 21.3 Å². The molecule has 0 unspecified atom stereocenters. The zero-order valence-electron chi connectivity index (χ0n) is 18.5. The lowest BCUT2D eigenvalue weighted by molar-refractivity contribution is -0.123. The highest BCUT2D eigenvalue weighted by atomic mass is 32.2. The molecule has 2 rings (SSSR count). The fraction of sp³-hybridized carbons (Fsp3) is 0.667. The molecule has 2 saturated heterocycles. The quantitative estimate of drug-likeness (QED) is 0.165. The minimum Gasteiger partial charge on any atom is -0.356 e. The lowest BCUT2D eigenvalue weighted by Crippen LogP contribution is -2.46. The molecule has 8 amide bonds. The maximum absolute atomic E-state index is 11.4. The molecule has 0 aromatic rings. The average molecular weight is 491 g/mol. The second kappa shape index (κ2) is 12.5. The van der Waals surface area contributed by atoms with Crippen molar-refractivity contribution in [2.45, 2.75) is 38.8 Å². The first kappa shape index (κ1) is 27.6. The van der Waals surface area contributed by atoms with E-state index in [-0.39, 0.29) is 23.6 Å². The Balaban J connectivity index is 0.000000320. The van der Waals surface area contributed by atoms with E-state index in [2.05, 4.69) is 31.9 Å². The van der Waals surface area contributed by atoms with Crippen molar-refractivity contribution in [2.24, 2.45) is 0 Å². The molecule has 2 fully saturated rings. The topological polar surface area (TPSA) is 175 Å². The summed E-state index contributed by atoms with van der Waals surface area (Å²) in [5.41, 5.74) is -1.67. The summed E-state index contributed by atoms with van der Waals surface area (Å²) < 4.78 is 0. The monoisotopic (exact) mass is 490 g/mol. The molecule has 0 spiro atoms. The van der Waals surface area contributed by atoms with E-state index >= 15 is 0 Å². The summed E-state index contributed by atoms with van der Waals surface area (Å²) in [6.07, 6.45) is 0. The Morgan fingerprint density at radius 1 is 0.750 bits per heavy atom. The third kappa shape index (κ3) is 9.34. The lowest BCUT2D eigenvalue weighted by atomic mass is 10.1. The van der Waals surface area contributed by atoms with E-state index in [4.69, 9.17) is 0 Å². The molecule has 32 heavy (non-hydrogen) atoms. The van der Waals surface area contributed by atoms with E-state index in [1.54, 1.807) is 13.8 Å². The Hall–Kier alpha value is -2.48. The van der Waals surface area contributed by atoms with Crippen LogP contribution in [0, 0.1) is 0 Å². The first-order chi connectivity index (χ1) is 14.9. The van der Waals surface area contributed by atoms with Gasteiger partial charge in [-0.05, 0) is 13.8 Å². The molecule has 12 nitrogen and oxygen atoms in total. The van der Waals surface area contributed by atoms with Gasteiger partial charge in [0.2, 0.25) is 11.8 Å². The standard InChI is InChI=1S/2C9H15N3O3S/c2*1-6(13)10-3-4-16-5-9(2)7(14)11-8(15)12-9/h2*3-5H2,1-2H3,(H,10,13)(H2,11,12,14,15)/t2*9-/m10/s1. The summed E-state index contributed by atoms with van der Waals surface area (Å²) >= 11 is 3.01. The van der Waals surface area contributed by atoms with Crippen molar-refractivity contribution in [3.8, 4) is 0 Å². The van der Waals surface area contributed by atoms with Gasteiger partial charge in [-0.2, -0.15) is 23.5 Å². The largest absolute Gasteiger partial charge is 0.356 e. The maximum atomic E-state index is 11.4. The van der Waals surface area contributed by atoms with Crippen LogP contribution in [0.15, 0.2) is 0 Å². The van der Waals surface area contributed by atoms with Gasteiger partial charge in [-0.3, -0.25) is 29.8 Å². The van der Waals surface area contributed by atoms with Gasteiger partial charge in [-0.1, -0.05) is 0 Å². The van der Waals surface area contributed by atoms with Gasteiger partial charge in [0.1, 0.15) is 11.1 Å². The third-order valence-electron chi connectivity index (χ3n) is 4.26.